The molecule has 1 aliphatic heterocycles. The van der Waals surface area contributed by atoms with Gasteiger partial charge in [0.2, 0.25) is 0 Å². The van der Waals surface area contributed by atoms with E-state index in [9.17, 15) is 10.2 Å². The van der Waals surface area contributed by atoms with Crippen LogP contribution in [0.25, 0.3) is 16.8 Å². The Morgan fingerprint density at radius 1 is 1.00 bits per heavy atom. The van der Waals surface area contributed by atoms with Crippen LogP contribution >= 0.6 is 0 Å². The summed E-state index contributed by atoms with van der Waals surface area (Å²) < 4.78 is 1.80. The lowest BCUT2D eigenvalue weighted by Gasteiger charge is -2.20. The van der Waals surface area contributed by atoms with E-state index in [0.717, 1.165) is 28.0 Å². The summed E-state index contributed by atoms with van der Waals surface area (Å²) in [6.45, 7) is 0. The fourth-order valence-electron chi connectivity index (χ4n) is 3.48. The number of phenols is 2. The summed E-state index contributed by atoms with van der Waals surface area (Å²) >= 11 is 0. The van der Waals surface area contributed by atoms with Gasteiger partial charge in [-0.1, -0.05) is 18.2 Å². The first-order chi connectivity index (χ1) is 12.2. The maximum atomic E-state index is 10.4. The number of benzene rings is 2. The molecule has 0 radical (unpaired) electrons. The first-order valence-corrected chi connectivity index (χ1v) is 7.92. The van der Waals surface area contributed by atoms with E-state index in [4.69, 9.17) is 0 Å². The smallest absolute Gasteiger partial charge is 0.137 e. The summed E-state index contributed by atoms with van der Waals surface area (Å²) in [7, 11) is 0. The Labute approximate surface area is 143 Å². The lowest BCUT2D eigenvalue weighted by molar-refractivity contribution is 0.445. The molecule has 1 aliphatic rings. The van der Waals surface area contributed by atoms with Crippen LogP contribution in [0.2, 0.25) is 0 Å². The van der Waals surface area contributed by atoms with Gasteiger partial charge >= 0.3 is 0 Å². The van der Waals surface area contributed by atoms with Gasteiger partial charge in [0.05, 0.1) is 11.6 Å². The Morgan fingerprint density at radius 3 is 2.76 bits per heavy atom. The predicted molar refractivity (Wildman–Crippen MR) is 93.7 cm³/mol. The number of aromatic nitrogens is 3. The number of nitrogens with one attached hydrogen (secondary N) is 1. The van der Waals surface area contributed by atoms with Gasteiger partial charge in [0.25, 0.3) is 0 Å². The van der Waals surface area contributed by atoms with Crippen LogP contribution in [0.15, 0.2) is 61.1 Å². The van der Waals surface area contributed by atoms with Gasteiger partial charge in [-0.2, -0.15) is 5.10 Å². The van der Waals surface area contributed by atoms with Crippen molar-refractivity contribution in [3.05, 3.63) is 72.2 Å². The highest BCUT2D eigenvalue weighted by Crippen LogP contribution is 2.43. The lowest BCUT2D eigenvalue weighted by atomic mass is 9.98. The average molecular weight is 330 g/mol. The molecule has 0 saturated heterocycles. The Hall–Kier alpha value is -3.54. The molecule has 0 amide bonds. The molecule has 25 heavy (non-hydrogen) atoms. The number of anilines is 1. The van der Waals surface area contributed by atoms with Crippen molar-refractivity contribution < 1.29 is 10.2 Å². The van der Waals surface area contributed by atoms with E-state index in [1.807, 2.05) is 36.5 Å². The Bertz CT molecular complexity index is 1120. The second-order valence-electron chi connectivity index (χ2n) is 6.04. The number of nitrogens with zero attached hydrogens (tertiary/aromatic N) is 3. The van der Waals surface area contributed by atoms with E-state index >= 15 is 0 Å². The van der Waals surface area contributed by atoms with Gasteiger partial charge in [-0.05, 0) is 24.3 Å². The van der Waals surface area contributed by atoms with Crippen LogP contribution in [0.1, 0.15) is 17.2 Å². The zero-order valence-electron chi connectivity index (χ0n) is 13.1. The molecule has 0 spiro atoms. The Balaban J connectivity index is 1.85. The number of phenolic OH excluding ortho intramolecular Hbond substituents is 2. The fraction of sp³-hybridized carbons (Fsp3) is 0.0526. The van der Waals surface area contributed by atoms with Gasteiger partial charge in [0, 0.05) is 34.6 Å². The SMILES string of the molecule is Oc1ccc(C2Nc3ccccc3-c3ncnn4ccc2c34)c(O)c1. The van der Waals surface area contributed by atoms with E-state index in [1.165, 1.54) is 6.07 Å². The summed E-state index contributed by atoms with van der Waals surface area (Å²) in [5, 5.41) is 27.8. The standard InChI is InChI=1S/C19H14N4O2/c24-11-5-6-13(16(25)9-11)17-14-7-8-23-19(14)18(20-10-21-23)12-3-1-2-4-15(12)22-17/h1-10,17,22,24-25H. The third-order valence-electron chi connectivity index (χ3n) is 4.60. The molecule has 2 aromatic carbocycles. The molecular formula is C19H14N4O2. The molecule has 0 saturated carbocycles. The first-order valence-electron chi connectivity index (χ1n) is 7.92. The van der Waals surface area contributed by atoms with Crippen molar-refractivity contribution in [2.24, 2.45) is 0 Å². The van der Waals surface area contributed by atoms with Crippen LogP contribution in [-0.4, -0.2) is 24.8 Å². The molecule has 0 aliphatic carbocycles. The quantitative estimate of drug-likeness (QED) is 0.499. The van der Waals surface area contributed by atoms with Crippen molar-refractivity contribution in [3.63, 3.8) is 0 Å². The van der Waals surface area contributed by atoms with Crippen LogP contribution in [0.4, 0.5) is 5.69 Å². The van der Waals surface area contributed by atoms with Gasteiger partial charge in [-0.3, -0.25) is 0 Å². The summed E-state index contributed by atoms with van der Waals surface area (Å²) in [4.78, 5) is 4.50. The Morgan fingerprint density at radius 2 is 1.88 bits per heavy atom. The van der Waals surface area contributed by atoms with Crippen LogP contribution < -0.4 is 5.32 Å². The Kier molecular flexibility index (Phi) is 2.76. The largest absolute Gasteiger partial charge is 0.508 e. The van der Waals surface area contributed by atoms with Crippen LogP contribution in [0, 0.1) is 0 Å². The second kappa shape index (κ2) is 4.98. The zero-order chi connectivity index (χ0) is 17.0. The maximum Gasteiger partial charge on any atom is 0.137 e. The molecule has 1 unspecified atom stereocenters. The van der Waals surface area contributed by atoms with Crippen LogP contribution in [0.5, 0.6) is 11.5 Å². The number of para-hydroxylation sites is 1. The molecule has 0 bridgehead atoms. The molecule has 3 heterocycles. The van der Waals surface area contributed by atoms with Gasteiger partial charge < -0.3 is 15.5 Å². The van der Waals surface area contributed by atoms with Crippen molar-refractivity contribution >= 4 is 11.2 Å². The molecule has 122 valence electrons. The van der Waals surface area contributed by atoms with E-state index in [1.54, 1.807) is 23.0 Å². The highest BCUT2D eigenvalue weighted by molar-refractivity contribution is 5.90. The second-order valence-corrected chi connectivity index (χ2v) is 6.04. The molecule has 1 atom stereocenters. The van der Waals surface area contributed by atoms with Gasteiger partial charge in [0.15, 0.2) is 0 Å². The third-order valence-corrected chi connectivity index (χ3v) is 4.60. The molecule has 3 N–H and O–H groups in total. The van der Waals surface area contributed by atoms with Crippen molar-refractivity contribution in [1.82, 2.24) is 14.6 Å². The first kappa shape index (κ1) is 13.9. The topological polar surface area (TPSA) is 82.7 Å². The number of hydrogen-bond donors (Lipinski definition) is 3. The van der Waals surface area contributed by atoms with Crippen molar-refractivity contribution in [2.45, 2.75) is 6.04 Å². The van der Waals surface area contributed by atoms with E-state index in [2.05, 4.69) is 15.4 Å². The minimum atomic E-state index is -0.293. The van der Waals surface area contributed by atoms with E-state index < -0.39 is 0 Å². The molecule has 0 fully saturated rings. The van der Waals surface area contributed by atoms with Gasteiger partial charge in [0.1, 0.15) is 23.5 Å². The summed E-state index contributed by atoms with van der Waals surface area (Å²) in [5.41, 5.74) is 5.30. The fourth-order valence-corrected chi connectivity index (χ4v) is 3.48. The molecule has 4 aromatic rings. The lowest BCUT2D eigenvalue weighted by Crippen LogP contribution is -2.11. The number of aromatic hydroxyl groups is 2. The molecular weight excluding hydrogens is 316 g/mol. The summed E-state index contributed by atoms with van der Waals surface area (Å²) in [6.07, 6.45) is 3.43. The number of fused-ring (bicyclic) bond motifs is 2. The average Bonchev–Trinajstić information content (AvgIpc) is 2.98. The van der Waals surface area contributed by atoms with Crippen molar-refractivity contribution in [1.29, 1.82) is 0 Å². The van der Waals surface area contributed by atoms with Crippen LogP contribution in [-0.2, 0) is 0 Å². The molecule has 5 rings (SSSR count). The van der Waals surface area contributed by atoms with E-state index in [0.29, 0.717) is 5.56 Å². The summed E-state index contributed by atoms with van der Waals surface area (Å²) in [6, 6.07) is 14.3. The van der Waals surface area contributed by atoms with E-state index in [-0.39, 0.29) is 17.5 Å². The minimum absolute atomic E-state index is 0.0287. The number of hydrogen-bond acceptors (Lipinski definition) is 5. The molecule has 2 aromatic heterocycles. The van der Waals surface area contributed by atoms with Gasteiger partial charge in [-0.25, -0.2) is 9.50 Å². The minimum Gasteiger partial charge on any atom is -0.508 e. The van der Waals surface area contributed by atoms with Crippen molar-refractivity contribution in [3.8, 4) is 22.8 Å². The summed E-state index contributed by atoms with van der Waals surface area (Å²) in [5.74, 6) is 0.0654. The van der Waals surface area contributed by atoms with Crippen molar-refractivity contribution in [2.75, 3.05) is 5.32 Å². The molecule has 6 heteroatoms. The molecule has 6 nitrogen and oxygen atoms in total. The predicted octanol–water partition coefficient (Wildman–Crippen LogP) is 3.32. The maximum absolute atomic E-state index is 10.4. The van der Waals surface area contributed by atoms with Gasteiger partial charge in [-0.15, -0.1) is 0 Å². The monoisotopic (exact) mass is 330 g/mol. The third kappa shape index (κ3) is 1.97. The highest BCUT2D eigenvalue weighted by atomic mass is 16.3. The number of rotatable bonds is 1. The zero-order valence-corrected chi connectivity index (χ0v) is 13.1. The van der Waals surface area contributed by atoms with Crippen LogP contribution in [0.3, 0.4) is 0 Å². The normalized spacial score (nSPS) is 15.4. The highest BCUT2D eigenvalue weighted by Gasteiger charge is 2.28.